The second-order valence-corrected chi connectivity index (χ2v) is 7.60. The Bertz CT molecular complexity index is 119. The van der Waals surface area contributed by atoms with Crippen LogP contribution in [0.25, 0.3) is 0 Å². The quantitative estimate of drug-likeness (QED) is 0.370. The van der Waals surface area contributed by atoms with Gasteiger partial charge in [0.15, 0.2) is 5.90 Å². The molecule has 0 radical (unpaired) electrons. The van der Waals surface area contributed by atoms with Crippen LogP contribution in [-0.2, 0) is 4.43 Å². The average molecular weight is 210 g/mol. The normalized spacial score (nSPS) is 13.7. The summed E-state index contributed by atoms with van der Waals surface area (Å²) in [5, 5.41) is 0. The third kappa shape index (κ3) is 6.05. The molecular formula is C5H12BrNOSi. The molecule has 0 rings (SSSR count). The minimum Gasteiger partial charge on any atom is -0.534 e. The molecule has 0 aliphatic rings. The summed E-state index contributed by atoms with van der Waals surface area (Å²) in [5.41, 5.74) is 0. The molecule has 0 aliphatic carbocycles. The van der Waals surface area contributed by atoms with Crippen LogP contribution < -0.4 is 0 Å². The summed E-state index contributed by atoms with van der Waals surface area (Å²) in [6.45, 7) is 8.20. The van der Waals surface area contributed by atoms with Gasteiger partial charge in [-0.05, 0) is 19.6 Å². The molecule has 2 nitrogen and oxygen atoms in total. The van der Waals surface area contributed by atoms with Crippen molar-refractivity contribution >= 4 is 30.4 Å². The first-order valence-electron chi connectivity index (χ1n) is 2.80. The van der Waals surface area contributed by atoms with Crippen LogP contribution in [0.1, 0.15) is 6.92 Å². The van der Waals surface area contributed by atoms with Gasteiger partial charge in [0.05, 0.1) is 16.1 Å². The van der Waals surface area contributed by atoms with Crippen LogP contribution in [0, 0.1) is 0 Å². The van der Waals surface area contributed by atoms with Crippen molar-refractivity contribution in [2.45, 2.75) is 26.6 Å². The van der Waals surface area contributed by atoms with Gasteiger partial charge in [-0.1, -0.05) is 0 Å². The predicted molar refractivity (Wildman–Crippen MR) is 46.5 cm³/mol. The fourth-order valence-electron chi connectivity index (χ4n) is 0.460. The van der Waals surface area contributed by atoms with Crippen molar-refractivity contribution in [3.8, 4) is 0 Å². The molecule has 0 fully saturated rings. The summed E-state index contributed by atoms with van der Waals surface area (Å²) >= 11 is 2.95. The Hall–Kier alpha value is 0.167. The molecule has 0 heterocycles. The number of hydrogen-bond donors (Lipinski definition) is 0. The van der Waals surface area contributed by atoms with Gasteiger partial charge in [-0.25, -0.2) is 0 Å². The Morgan fingerprint density at radius 3 is 2.00 bits per heavy atom. The summed E-state index contributed by atoms with van der Waals surface area (Å²) in [7, 11) is -1.40. The second kappa shape index (κ2) is 3.36. The maximum atomic E-state index is 5.43. The SMILES string of the molecule is C/C(=N\Br)O[Si](C)(C)C. The Labute approximate surface area is 65.8 Å². The number of nitrogens with zero attached hydrogens (tertiary/aromatic N) is 1. The average Bonchev–Trinajstić information content (AvgIpc) is 1.62. The zero-order valence-corrected chi connectivity index (χ0v) is 8.82. The summed E-state index contributed by atoms with van der Waals surface area (Å²) < 4.78 is 9.14. The van der Waals surface area contributed by atoms with Crippen LogP contribution >= 0.6 is 16.1 Å². The highest BCUT2D eigenvalue weighted by molar-refractivity contribution is 9.08. The first kappa shape index (κ1) is 9.17. The smallest absolute Gasteiger partial charge is 0.243 e. The monoisotopic (exact) mass is 209 g/mol. The zero-order valence-electron chi connectivity index (χ0n) is 6.23. The Kier molecular flexibility index (Phi) is 3.43. The fraction of sp³-hybridized carbons (Fsp3) is 0.800. The van der Waals surface area contributed by atoms with Gasteiger partial charge < -0.3 is 4.43 Å². The number of rotatable bonds is 1. The predicted octanol–water partition coefficient (Wildman–Crippen LogP) is 2.57. The molecule has 0 saturated heterocycles. The van der Waals surface area contributed by atoms with Crippen molar-refractivity contribution in [2.75, 3.05) is 0 Å². The molecule has 0 saturated carbocycles. The first-order chi connectivity index (χ1) is 3.95. The van der Waals surface area contributed by atoms with Crippen molar-refractivity contribution in [2.24, 2.45) is 4.02 Å². The third-order valence-electron chi connectivity index (χ3n) is 0.573. The van der Waals surface area contributed by atoms with E-state index in [1.165, 1.54) is 0 Å². The fourth-order valence-corrected chi connectivity index (χ4v) is 1.60. The van der Waals surface area contributed by atoms with E-state index in [9.17, 15) is 0 Å². The van der Waals surface area contributed by atoms with Crippen LogP contribution in [0.3, 0.4) is 0 Å². The van der Waals surface area contributed by atoms with Crippen LogP contribution in [0.5, 0.6) is 0 Å². The summed E-state index contributed by atoms with van der Waals surface area (Å²) in [4.78, 5) is 0. The molecule has 0 aliphatic heterocycles. The second-order valence-electron chi connectivity index (χ2n) is 2.82. The van der Waals surface area contributed by atoms with Crippen LogP contribution in [0.2, 0.25) is 19.6 Å². The highest BCUT2D eigenvalue weighted by Crippen LogP contribution is 2.04. The lowest BCUT2D eigenvalue weighted by atomic mass is 10.8. The Morgan fingerprint density at radius 2 is 1.89 bits per heavy atom. The van der Waals surface area contributed by atoms with Gasteiger partial charge in [0.2, 0.25) is 8.32 Å². The van der Waals surface area contributed by atoms with Gasteiger partial charge in [-0.3, -0.25) is 0 Å². The standard InChI is InChI=1S/C5H12BrNOSi/c1-5(7-6)8-9(2,3)4/h1-4H3/b7-5+. The lowest BCUT2D eigenvalue weighted by Crippen LogP contribution is -2.27. The van der Waals surface area contributed by atoms with E-state index in [2.05, 4.69) is 39.8 Å². The largest absolute Gasteiger partial charge is 0.534 e. The molecule has 0 unspecified atom stereocenters. The van der Waals surface area contributed by atoms with Crippen LogP contribution in [-0.4, -0.2) is 14.2 Å². The van der Waals surface area contributed by atoms with Gasteiger partial charge in [0, 0.05) is 6.92 Å². The van der Waals surface area contributed by atoms with E-state index in [-0.39, 0.29) is 0 Å². The number of hydrogen-bond acceptors (Lipinski definition) is 2. The highest BCUT2D eigenvalue weighted by atomic mass is 79.9. The first-order valence-corrected chi connectivity index (χ1v) is 6.92. The summed E-state index contributed by atoms with van der Waals surface area (Å²) in [6.07, 6.45) is 0. The topological polar surface area (TPSA) is 21.6 Å². The van der Waals surface area contributed by atoms with Crippen molar-refractivity contribution in [3.05, 3.63) is 0 Å². The van der Waals surface area contributed by atoms with Crippen molar-refractivity contribution < 1.29 is 4.43 Å². The lowest BCUT2D eigenvalue weighted by molar-refractivity contribution is 0.550. The van der Waals surface area contributed by atoms with Crippen LogP contribution in [0.15, 0.2) is 4.02 Å². The Morgan fingerprint density at radius 1 is 1.44 bits per heavy atom. The number of halogens is 1. The van der Waals surface area contributed by atoms with Gasteiger partial charge in [0.25, 0.3) is 0 Å². The van der Waals surface area contributed by atoms with E-state index in [4.69, 9.17) is 4.43 Å². The zero-order chi connectivity index (χ0) is 7.49. The van der Waals surface area contributed by atoms with E-state index in [0.717, 1.165) is 0 Å². The molecule has 0 aromatic rings. The maximum Gasteiger partial charge on any atom is 0.243 e. The van der Waals surface area contributed by atoms with Gasteiger partial charge in [-0.15, -0.1) is 0 Å². The summed E-state index contributed by atoms with van der Waals surface area (Å²) in [6, 6.07) is 0. The molecule has 0 aromatic carbocycles. The molecular weight excluding hydrogens is 198 g/mol. The van der Waals surface area contributed by atoms with E-state index >= 15 is 0 Å². The maximum absolute atomic E-state index is 5.43. The summed E-state index contributed by atoms with van der Waals surface area (Å²) in [5.74, 6) is 0.717. The van der Waals surface area contributed by atoms with Crippen LogP contribution in [0.4, 0.5) is 0 Å². The third-order valence-corrected chi connectivity index (χ3v) is 1.98. The van der Waals surface area contributed by atoms with Gasteiger partial charge >= 0.3 is 0 Å². The van der Waals surface area contributed by atoms with E-state index < -0.39 is 8.32 Å². The molecule has 4 heteroatoms. The minimum absolute atomic E-state index is 0.717. The van der Waals surface area contributed by atoms with Gasteiger partial charge in [-0.2, -0.15) is 4.02 Å². The molecule has 54 valence electrons. The minimum atomic E-state index is -1.40. The van der Waals surface area contributed by atoms with E-state index in [1.54, 1.807) is 0 Å². The molecule has 0 spiro atoms. The highest BCUT2D eigenvalue weighted by Gasteiger charge is 2.15. The van der Waals surface area contributed by atoms with Gasteiger partial charge in [0.1, 0.15) is 0 Å². The van der Waals surface area contributed by atoms with Crippen molar-refractivity contribution in [3.63, 3.8) is 0 Å². The lowest BCUT2D eigenvalue weighted by Gasteiger charge is -2.17. The molecule has 0 aromatic heterocycles. The molecule has 0 amide bonds. The van der Waals surface area contributed by atoms with Crippen molar-refractivity contribution in [1.29, 1.82) is 0 Å². The van der Waals surface area contributed by atoms with E-state index in [0.29, 0.717) is 5.90 Å². The Balaban J connectivity index is 3.75. The molecule has 9 heavy (non-hydrogen) atoms. The molecule has 0 N–H and O–H groups in total. The molecule has 0 atom stereocenters. The molecule has 0 bridgehead atoms. The van der Waals surface area contributed by atoms with E-state index in [1.807, 2.05) is 6.92 Å². The van der Waals surface area contributed by atoms with Crippen molar-refractivity contribution in [1.82, 2.24) is 0 Å².